The molecule has 4 aromatic rings. The molecule has 0 aliphatic heterocycles. The maximum Gasteiger partial charge on any atom is 0.263 e. The third-order valence-electron chi connectivity index (χ3n) is 5.18. The first kappa shape index (κ1) is 25.0. The highest BCUT2D eigenvalue weighted by molar-refractivity contribution is 9.10. The minimum atomic E-state index is -3.84. The summed E-state index contributed by atoms with van der Waals surface area (Å²) >= 11 is 9.58. The zero-order valence-electron chi connectivity index (χ0n) is 18.5. The van der Waals surface area contributed by atoms with Crippen LogP contribution in [0.2, 0.25) is 5.02 Å². The Hall–Kier alpha value is -3.14. The number of sulfonamides is 1. The fraction of sp³-hybridized carbons (Fsp3) is 0.120. The van der Waals surface area contributed by atoms with Gasteiger partial charge in [0.1, 0.15) is 5.76 Å². The van der Waals surface area contributed by atoms with Crippen LogP contribution < -0.4 is 10.0 Å². The molecule has 0 aliphatic carbocycles. The van der Waals surface area contributed by atoms with Gasteiger partial charge in [0, 0.05) is 33.2 Å². The number of benzene rings is 3. The van der Waals surface area contributed by atoms with E-state index in [9.17, 15) is 13.2 Å². The van der Waals surface area contributed by atoms with Gasteiger partial charge < -0.3 is 9.84 Å². The van der Waals surface area contributed by atoms with Crippen molar-refractivity contribution in [2.24, 2.45) is 0 Å². The predicted octanol–water partition coefficient (Wildman–Crippen LogP) is 6.63. The highest BCUT2D eigenvalue weighted by atomic mass is 79.9. The van der Waals surface area contributed by atoms with Crippen LogP contribution in [0, 0.1) is 6.92 Å². The SMILES string of the molecule is Cc1cc(NS(=O)(=O)c2ccc(NC(CC(=O)c3ccc(Br)cc3)c3cccc(Cl)c3)cc2)no1. The fourth-order valence-corrected chi connectivity index (χ4v) is 4.90. The zero-order valence-corrected chi connectivity index (χ0v) is 21.7. The summed E-state index contributed by atoms with van der Waals surface area (Å²) in [7, 11) is -3.84. The summed E-state index contributed by atoms with van der Waals surface area (Å²) in [6, 6.07) is 21.8. The van der Waals surface area contributed by atoms with Crippen molar-refractivity contribution in [3.63, 3.8) is 0 Å². The molecule has 0 bridgehead atoms. The lowest BCUT2D eigenvalue weighted by atomic mass is 9.97. The number of Topliss-reactive ketones (excluding diaryl/α,β-unsaturated/α-hetero) is 1. The molecule has 1 unspecified atom stereocenters. The molecule has 180 valence electrons. The highest BCUT2D eigenvalue weighted by Gasteiger charge is 2.20. The molecule has 35 heavy (non-hydrogen) atoms. The number of halogens is 2. The number of carbonyl (C=O) groups is 1. The second kappa shape index (κ2) is 10.6. The molecule has 0 radical (unpaired) electrons. The van der Waals surface area contributed by atoms with E-state index >= 15 is 0 Å². The summed E-state index contributed by atoms with van der Waals surface area (Å²) in [6.45, 7) is 1.67. The van der Waals surface area contributed by atoms with Crippen LogP contribution in [0.3, 0.4) is 0 Å². The van der Waals surface area contributed by atoms with Gasteiger partial charge in [0.05, 0.1) is 10.9 Å². The van der Waals surface area contributed by atoms with E-state index in [4.69, 9.17) is 16.1 Å². The van der Waals surface area contributed by atoms with Gasteiger partial charge in [-0.1, -0.05) is 57.0 Å². The number of ketones is 1. The minimum Gasteiger partial charge on any atom is -0.378 e. The minimum absolute atomic E-state index is 0.0405. The molecule has 0 fully saturated rings. The van der Waals surface area contributed by atoms with E-state index in [2.05, 4.69) is 31.1 Å². The number of anilines is 2. The van der Waals surface area contributed by atoms with Gasteiger partial charge in [0.15, 0.2) is 11.6 Å². The molecule has 0 spiro atoms. The van der Waals surface area contributed by atoms with Crippen LogP contribution in [0.4, 0.5) is 11.5 Å². The number of hydrogen-bond donors (Lipinski definition) is 2. The summed E-state index contributed by atoms with van der Waals surface area (Å²) in [6.07, 6.45) is 0.176. The van der Waals surface area contributed by atoms with Crippen molar-refractivity contribution in [3.05, 3.63) is 105 Å². The number of aromatic nitrogens is 1. The van der Waals surface area contributed by atoms with E-state index in [1.807, 2.05) is 24.3 Å². The summed E-state index contributed by atoms with van der Waals surface area (Å²) in [5.74, 6) is 0.561. The summed E-state index contributed by atoms with van der Waals surface area (Å²) in [5, 5.41) is 7.55. The van der Waals surface area contributed by atoms with Crippen LogP contribution in [-0.2, 0) is 10.0 Å². The van der Waals surface area contributed by atoms with Crippen LogP contribution in [0.1, 0.15) is 34.1 Å². The van der Waals surface area contributed by atoms with E-state index in [1.165, 1.54) is 18.2 Å². The van der Waals surface area contributed by atoms with Gasteiger partial charge in [0.2, 0.25) is 0 Å². The van der Waals surface area contributed by atoms with Crippen molar-refractivity contribution in [1.82, 2.24) is 5.16 Å². The van der Waals surface area contributed by atoms with Gasteiger partial charge >= 0.3 is 0 Å². The monoisotopic (exact) mass is 573 g/mol. The van der Waals surface area contributed by atoms with E-state index in [1.54, 1.807) is 43.3 Å². The van der Waals surface area contributed by atoms with Gasteiger partial charge in [-0.25, -0.2) is 8.42 Å². The molecule has 1 aromatic heterocycles. The number of carbonyl (C=O) groups excluding carboxylic acids is 1. The van der Waals surface area contributed by atoms with Gasteiger partial charge in [0.25, 0.3) is 10.0 Å². The lowest BCUT2D eigenvalue weighted by Gasteiger charge is -2.20. The second-order valence-corrected chi connectivity index (χ2v) is 10.9. The molecule has 0 amide bonds. The number of nitrogens with zero attached hydrogens (tertiary/aromatic N) is 1. The zero-order chi connectivity index (χ0) is 25.0. The van der Waals surface area contributed by atoms with E-state index in [0.29, 0.717) is 22.0 Å². The molecular weight excluding hydrogens is 554 g/mol. The number of rotatable bonds is 9. The third-order valence-corrected chi connectivity index (χ3v) is 7.31. The molecule has 4 rings (SSSR count). The second-order valence-electron chi connectivity index (χ2n) is 7.84. The molecule has 1 atom stereocenters. The maximum atomic E-state index is 13.0. The Bertz CT molecular complexity index is 1440. The van der Waals surface area contributed by atoms with Crippen LogP contribution in [0.25, 0.3) is 0 Å². The highest BCUT2D eigenvalue weighted by Crippen LogP contribution is 2.28. The van der Waals surface area contributed by atoms with E-state index in [0.717, 1.165) is 10.0 Å². The maximum absolute atomic E-state index is 13.0. The Labute approximate surface area is 216 Å². The van der Waals surface area contributed by atoms with Crippen molar-refractivity contribution in [2.45, 2.75) is 24.3 Å². The molecule has 2 N–H and O–H groups in total. The normalized spacial score (nSPS) is 12.2. The topological polar surface area (TPSA) is 101 Å². The van der Waals surface area contributed by atoms with Crippen LogP contribution in [0.5, 0.6) is 0 Å². The first-order chi connectivity index (χ1) is 16.7. The Morgan fingerprint density at radius 2 is 1.77 bits per heavy atom. The number of nitrogens with one attached hydrogen (secondary N) is 2. The predicted molar refractivity (Wildman–Crippen MR) is 139 cm³/mol. The number of aryl methyl sites for hydroxylation is 1. The lowest BCUT2D eigenvalue weighted by molar-refractivity contribution is 0.0976. The van der Waals surface area contributed by atoms with Gasteiger partial charge in [-0.05, 0) is 61.0 Å². The summed E-state index contributed by atoms with van der Waals surface area (Å²) < 4.78 is 33.5. The Morgan fingerprint density at radius 3 is 2.40 bits per heavy atom. The Morgan fingerprint density at radius 1 is 1.06 bits per heavy atom. The molecule has 0 aliphatic rings. The molecule has 0 saturated carbocycles. The molecule has 10 heteroatoms. The van der Waals surface area contributed by atoms with Crippen molar-refractivity contribution in [3.8, 4) is 0 Å². The first-order valence-electron chi connectivity index (χ1n) is 10.6. The molecule has 1 heterocycles. The Kier molecular flexibility index (Phi) is 7.59. The lowest BCUT2D eigenvalue weighted by Crippen LogP contribution is -2.16. The summed E-state index contributed by atoms with van der Waals surface area (Å²) in [5.41, 5.74) is 2.08. The Balaban J connectivity index is 1.54. The van der Waals surface area contributed by atoms with Gasteiger partial charge in [-0.3, -0.25) is 9.52 Å². The van der Waals surface area contributed by atoms with Crippen molar-refractivity contribution < 1.29 is 17.7 Å². The summed E-state index contributed by atoms with van der Waals surface area (Å²) in [4.78, 5) is 13.1. The molecule has 3 aromatic carbocycles. The molecule has 0 saturated heterocycles. The van der Waals surface area contributed by atoms with Gasteiger partial charge in [-0.2, -0.15) is 0 Å². The van der Waals surface area contributed by atoms with Crippen LogP contribution >= 0.6 is 27.5 Å². The standard InChI is InChI=1S/C25H21BrClN3O4S/c1-16-13-25(29-34-16)30-35(32,33)22-11-9-21(10-12-22)28-23(18-3-2-4-20(27)14-18)15-24(31)17-5-7-19(26)8-6-17/h2-14,23,28H,15H2,1H3,(H,29,30). The number of hydrogen-bond acceptors (Lipinski definition) is 6. The van der Waals surface area contributed by atoms with Crippen LogP contribution in [-0.4, -0.2) is 19.4 Å². The van der Waals surface area contributed by atoms with Crippen molar-refractivity contribution >= 4 is 54.8 Å². The van der Waals surface area contributed by atoms with Crippen LogP contribution in [0.15, 0.2) is 92.8 Å². The van der Waals surface area contributed by atoms with Crippen molar-refractivity contribution in [1.29, 1.82) is 0 Å². The van der Waals surface area contributed by atoms with Crippen molar-refractivity contribution in [2.75, 3.05) is 10.0 Å². The average Bonchev–Trinajstić information content (AvgIpc) is 3.23. The molecule has 7 nitrogen and oxygen atoms in total. The van der Waals surface area contributed by atoms with Gasteiger partial charge in [-0.15, -0.1) is 0 Å². The third kappa shape index (κ3) is 6.50. The first-order valence-corrected chi connectivity index (χ1v) is 13.2. The van der Waals surface area contributed by atoms with E-state index < -0.39 is 10.0 Å². The largest absolute Gasteiger partial charge is 0.378 e. The molecular formula is C25H21BrClN3O4S. The smallest absolute Gasteiger partial charge is 0.263 e. The average molecular weight is 575 g/mol. The quantitative estimate of drug-likeness (QED) is 0.218. The van der Waals surface area contributed by atoms with E-state index in [-0.39, 0.29) is 29.0 Å². The fourth-order valence-electron chi connectivity index (χ4n) is 3.46.